The second kappa shape index (κ2) is 27.4. The molecule has 4 aromatic heterocycles. The highest BCUT2D eigenvalue weighted by Crippen LogP contribution is 2.58. The zero-order chi connectivity index (χ0) is 60.6. The van der Waals surface area contributed by atoms with Crippen LogP contribution >= 0.6 is 25.8 Å². The highest BCUT2D eigenvalue weighted by atomic mass is 32.7. The van der Waals surface area contributed by atoms with Gasteiger partial charge in [0.25, 0.3) is 0 Å². The van der Waals surface area contributed by atoms with Gasteiger partial charge < -0.3 is 76.9 Å². The average molecular weight is 1250 g/mol. The predicted octanol–water partition coefficient (Wildman–Crippen LogP) is 2.74. The van der Waals surface area contributed by atoms with E-state index in [1.807, 2.05) is 0 Å². The molecule has 0 bridgehead atoms. The number of urea groups is 1. The van der Waals surface area contributed by atoms with E-state index in [9.17, 15) is 38.2 Å². The first-order valence-electron chi connectivity index (χ1n) is 26.2. The molecule has 33 nitrogen and oxygen atoms in total. The minimum Gasteiger partial charge on any atom is -0.445 e. The molecule has 12 N–H and O–H groups in total. The maximum atomic E-state index is 14.0. The largest absolute Gasteiger partial charge is 0.509 e. The van der Waals surface area contributed by atoms with Crippen molar-refractivity contribution in [3.05, 3.63) is 55.1 Å². The Morgan fingerprint density at radius 1 is 0.845 bits per heavy atom. The van der Waals surface area contributed by atoms with Crippen molar-refractivity contribution in [1.82, 2.24) is 60.3 Å². The van der Waals surface area contributed by atoms with Gasteiger partial charge in [-0.3, -0.25) is 37.1 Å². The maximum absolute atomic E-state index is 14.0. The van der Waals surface area contributed by atoms with Crippen molar-refractivity contribution in [2.24, 2.45) is 11.7 Å². The summed E-state index contributed by atoms with van der Waals surface area (Å²) >= 11 is 9.77. The first kappa shape index (κ1) is 63.1. The number of alkyl carbamates (subject to hydrolysis) is 1. The van der Waals surface area contributed by atoms with Gasteiger partial charge in [0.1, 0.15) is 79.1 Å². The van der Waals surface area contributed by atoms with Crippen LogP contribution in [-0.2, 0) is 79.1 Å². The van der Waals surface area contributed by atoms with Crippen molar-refractivity contribution in [2.45, 2.75) is 134 Å². The van der Waals surface area contributed by atoms with E-state index in [-0.39, 0.29) is 73.5 Å². The monoisotopic (exact) mass is 1250 g/mol. The predicted molar refractivity (Wildman–Crippen MR) is 301 cm³/mol. The summed E-state index contributed by atoms with van der Waals surface area (Å²) in [6, 6.07) is 2.65. The van der Waals surface area contributed by atoms with Gasteiger partial charge in [-0.15, -0.1) is 0 Å². The molecule has 3 aliphatic rings. The number of carbonyl (C=O) groups is 6. The lowest BCUT2D eigenvalue weighted by molar-refractivity contribution is -0.132. The van der Waals surface area contributed by atoms with Gasteiger partial charge in [-0.2, -0.15) is 0 Å². The fraction of sp³-hybridized carbons (Fsp3) is 0.532. The van der Waals surface area contributed by atoms with E-state index in [1.54, 1.807) is 49.6 Å². The molecule has 0 radical (unpaired) electrons. The van der Waals surface area contributed by atoms with Crippen LogP contribution in [0.15, 0.2) is 49.6 Å². The number of nitrogen functional groups attached to an aromatic ring is 2. The van der Waals surface area contributed by atoms with E-state index >= 15 is 0 Å². The Kier molecular flexibility index (Phi) is 20.6. The van der Waals surface area contributed by atoms with E-state index in [0.29, 0.717) is 22.4 Å². The van der Waals surface area contributed by atoms with Crippen LogP contribution in [0, 0.1) is 5.92 Å². The summed E-state index contributed by atoms with van der Waals surface area (Å²) in [6.45, 7) is -1.74. The standard InChI is InChI=1S/C47H64N16O17P2S2/c1-6-31(64)61-33(22(2)3)43(66)60-27(8-7-13-51-45(50)67)42(65)59-26-11-9-25(10-12-26)15-72-46(68)58-23(4)24(5)75-47(69)78-37-36-30(77-44(37)63-21-57-35-39(49)53-19-55-41(35)63)17-74-81(70,83)79-28-14-32(76-29(28)16-73-82(71,84)80-36)62-20-56-34-38(48)52-18-54-40(34)62/h9-12,18-24,27-30,32-33,36-37,44H,6-8,13-17H2,1-5H3,(H,58,68)(H,59,65)(H,60,66)(H,61,64)(H,70,83)(H,71,84)(H2,48,52,54)(H2,49,53,55)(H3,50,51,67)/t23-,24-,27+,28+,29-,30?,32-,33+,36-,37-,44-,81?,82?/m1/s1. The molecule has 37 heteroatoms. The Morgan fingerprint density at radius 2 is 1.50 bits per heavy atom. The van der Waals surface area contributed by atoms with Gasteiger partial charge in [-0.05, 0) is 62.1 Å². The number of carbonyl (C=O) groups excluding carboxylic acids is 6. The lowest BCUT2D eigenvalue weighted by Gasteiger charge is -2.30. The third-order valence-corrected chi connectivity index (χ3v) is 16.7. The van der Waals surface area contributed by atoms with Crippen LogP contribution in [-0.4, -0.2) is 154 Å². The van der Waals surface area contributed by atoms with E-state index in [1.165, 1.54) is 37.4 Å². The van der Waals surface area contributed by atoms with Gasteiger partial charge in [0.05, 0.1) is 31.9 Å². The summed E-state index contributed by atoms with van der Waals surface area (Å²) in [5.41, 5.74) is 19.0. The summed E-state index contributed by atoms with van der Waals surface area (Å²) in [5, 5.41) is 13.2. The number of fused-ring (bicyclic) bond motifs is 4. The van der Waals surface area contributed by atoms with Crippen molar-refractivity contribution in [3.8, 4) is 0 Å². The number of nitrogens with zero attached hydrogens (tertiary/aromatic N) is 8. The van der Waals surface area contributed by atoms with Crippen LogP contribution in [0.4, 0.5) is 31.7 Å². The molecule has 3 fully saturated rings. The zero-order valence-corrected chi connectivity index (χ0v) is 49.2. The van der Waals surface area contributed by atoms with Crippen molar-refractivity contribution < 1.29 is 80.0 Å². The minimum absolute atomic E-state index is 0.00493. The number of ether oxygens (including phenoxy) is 5. The average Bonchev–Trinajstić information content (AvgIpc) is 2.30. The molecule has 456 valence electrons. The first-order chi connectivity index (χ1) is 39.9. The lowest BCUT2D eigenvalue weighted by Crippen LogP contribution is -2.54. The molecule has 7 heterocycles. The summed E-state index contributed by atoms with van der Waals surface area (Å²) in [4.78, 5) is 114. The number of aromatic nitrogens is 8. The Balaban J connectivity index is 0.894. The van der Waals surface area contributed by atoms with Crippen LogP contribution in [0.2, 0.25) is 0 Å². The number of amides is 6. The molecule has 1 aromatic carbocycles. The van der Waals surface area contributed by atoms with E-state index in [2.05, 4.69) is 68.7 Å². The number of rotatable bonds is 19. The number of benzene rings is 1. The van der Waals surface area contributed by atoms with E-state index in [4.69, 9.17) is 70.8 Å². The molecule has 5 aromatic rings. The number of thiol groups is 1. The normalized spacial score (nSPS) is 25.8. The molecule has 13 atom stereocenters. The van der Waals surface area contributed by atoms with Gasteiger partial charge in [0.2, 0.25) is 17.7 Å². The molecule has 3 saturated heterocycles. The molecule has 3 aliphatic heterocycles. The number of hydrogen-bond donors (Lipinski definition) is 10. The number of imidazole rings is 2. The number of hydrogen-bond acceptors (Lipinski definition) is 25. The van der Waals surface area contributed by atoms with Crippen LogP contribution in [0.1, 0.15) is 78.3 Å². The topological polar surface area (TPSA) is 448 Å². The molecular weight excluding hydrogens is 1190 g/mol. The Morgan fingerprint density at radius 3 is 2.15 bits per heavy atom. The van der Waals surface area contributed by atoms with Crippen molar-refractivity contribution in [2.75, 3.05) is 36.5 Å². The number of nitrogens with two attached hydrogens (primary N) is 3. The van der Waals surface area contributed by atoms with Gasteiger partial charge in [-0.1, -0.05) is 45.2 Å². The molecule has 0 aliphatic carbocycles. The number of anilines is 3. The smallest absolute Gasteiger partial charge is 0.445 e. The zero-order valence-electron chi connectivity index (χ0n) is 45.7. The minimum atomic E-state index is -4.37. The number of primary amides is 1. The van der Waals surface area contributed by atoms with Crippen molar-refractivity contribution >= 4 is 113 Å². The molecule has 3 unspecified atom stereocenters. The molecular formula is C47H64N16O17P2S2. The second-order valence-electron chi connectivity index (χ2n) is 19.8. The lowest BCUT2D eigenvalue weighted by atomic mass is 10.0. The quantitative estimate of drug-likeness (QED) is 0.0246. The second-order valence-corrected chi connectivity index (χ2v) is 25.5. The van der Waals surface area contributed by atoms with E-state index < -0.39 is 124 Å². The Bertz CT molecular complexity index is 3310. The summed E-state index contributed by atoms with van der Waals surface area (Å²) in [5.74, 6) is -1.63. The number of nitrogens with one attached hydrogen (secondary N) is 5. The summed E-state index contributed by atoms with van der Waals surface area (Å²) in [6.07, 6.45) is -6.46. The van der Waals surface area contributed by atoms with Crippen LogP contribution < -0.4 is 43.8 Å². The van der Waals surface area contributed by atoms with Crippen LogP contribution in [0.25, 0.3) is 22.3 Å². The van der Waals surface area contributed by atoms with Crippen LogP contribution in [0.3, 0.4) is 0 Å². The molecule has 6 amide bonds. The van der Waals surface area contributed by atoms with Crippen molar-refractivity contribution in [3.63, 3.8) is 0 Å². The molecule has 0 spiro atoms. The van der Waals surface area contributed by atoms with Gasteiger partial charge in [0.15, 0.2) is 35.3 Å². The van der Waals surface area contributed by atoms with Crippen LogP contribution in [0.5, 0.6) is 0 Å². The first-order valence-corrected chi connectivity index (χ1v) is 31.5. The Labute approximate surface area is 489 Å². The summed E-state index contributed by atoms with van der Waals surface area (Å²) < 4.78 is 70.2. The van der Waals surface area contributed by atoms with Gasteiger partial charge >= 0.3 is 31.8 Å². The highest BCUT2D eigenvalue weighted by Gasteiger charge is 2.54. The summed E-state index contributed by atoms with van der Waals surface area (Å²) in [7, 11) is 0. The molecule has 8 rings (SSSR count). The maximum Gasteiger partial charge on any atom is 0.509 e. The van der Waals surface area contributed by atoms with E-state index in [0.717, 1.165) is 6.33 Å². The fourth-order valence-corrected chi connectivity index (χ4v) is 11.9. The van der Waals surface area contributed by atoms with Gasteiger partial charge in [0, 0.05) is 25.1 Å². The fourth-order valence-electron chi connectivity index (χ4n) is 8.97. The van der Waals surface area contributed by atoms with Gasteiger partial charge in [-0.25, -0.2) is 48.9 Å². The SMILES string of the molecule is CCC(=O)N[C@H](C(=O)N[C@@H](CCCNC(N)=O)C(=O)Nc1ccc(COC(=O)N[C@H](C)[C@@H](C)OC(=O)O[C@@H]2[C@@H]3OP(O)(=S)OC[C@H]4O[C@@H](n5cnc6c(N)ncnc65)C[C@@H]4OP(=O)(S)OCC3O[C@H]2n2cnc3c(N)ncnc32)cc1)C(C)C. The molecule has 84 heavy (non-hydrogen) atoms. The van der Waals surface area contributed by atoms with Crippen molar-refractivity contribution in [1.29, 1.82) is 0 Å². The molecule has 0 saturated carbocycles. The third-order valence-electron chi connectivity index (χ3n) is 13.5. The Hall–Kier alpha value is -6.91. The third kappa shape index (κ3) is 15.9. The highest BCUT2D eigenvalue weighted by molar-refractivity contribution is 8.44.